The molecule has 0 spiro atoms. The molecule has 1 aliphatic rings. The molecule has 1 heterocycles. The fraction of sp³-hybridized carbons (Fsp3) is 0.533. The van der Waals surface area contributed by atoms with Crippen molar-refractivity contribution in [1.82, 2.24) is 0 Å². The Bertz CT molecular complexity index is 333. The van der Waals surface area contributed by atoms with Crippen molar-refractivity contribution in [3.8, 4) is 0 Å². The van der Waals surface area contributed by atoms with Gasteiger partial charge in [0.15, 0.2) is 0 Å². The first-order valence-corrected chi connectivity index (χ1v) is 6.65. The molecule has 17 heavy (non-hydrogen) atoms. The first-order chi connectivity index (χ1) is 8.29. The third-order valence-corrected chi connectivity index (χ3v) is 2.49. The number of amides is 1. The van der Waals surface area contributed by atoms with E-state index in [1.165, 1.54) is 5.56 Å². The summed E-state index contributed by atoms with van der Waals surface area (Å²) < 4.78 is 0. The lowest BCUT2D eigenvalue weighted by Gasteiger charge is -2.28. The predicted molar refractivity (Wildman–Crippen MR) is 75.5 cm³/mol. The molecule has 0 bridgehead atoms. The largest absolute Gasteiger partial charge is 0.312 e. The van der Waals surface area contributed by atoms with Crippen molar-refractivity contribution in [3.05, 3.63) is 29.8 Å². The number of aryl methyl sites for hydroxylation is 1. The van der Waals surface area contributed by atoms with Gasteiger partial charge in [-0.3, -0.25) is 4.79 Å². The van der Waals surface area contributed by atoms with Gasteiger partial charge in [0.1, 0.15) is 0 Å². The summed E-state index contributed by atoms with van der Waals surface area (Å²) in [7, 11) is 0. The molecule has 2 heteroatoms. The van der Waals surface area contributed by atoms with Crippen LogP contribution in [0.15, 0.2) is 24.3 Å². The molecule has 1 aromatic rings. The summed E-state index contributed by atoms with van der Waals surface area (Å²) in [6, 6.07) is 8.14. The molecular weight excluding hydrogens is 210 g/mol. The zero-order chi connectivity index (χ0) is 13.3. The number of nitrogens with zero attached hydrogens (tertiary/aromatic N) is 1. The standard InChI is InChI=1S/C11H13NO.2C2H6/c1-9(13)12-8-4-6-10-5-2-3-7-11(10)12;2*1-2/h2-3,5,7H,4,6,8H2,1H3;2*1-2H3. The van der Waals surface area contributed by atoms with E-state index in [4.69, 9.17) is 0 Å². The van der Waals surface area contributed by atoms with Gasteiger partial charge in [-0.05, 0) is 24.5 Å². The topological polar surface area (TPSA) is 20.3 Å². The second-order valence-corrected chi connectivity index (χ2v) is 3.40. The Morgan fingerprint density at radius 1 is 1.12 bits per heavy atom. The van der Waals surface area contributed by atoms with Crippen LogP contribution in [0.1, 0.15) is 46.6 Å². The van der Waals surface area contributed by atoms with Crippen molar-refractivity contribution in [1.29, 1.82) is 0 Å². The molecule has 0 unspecified atom stereocenters. The fourth-order valence-corrected chi connectivity index (χ4v) is 1.86. The summed E-state index contributed by atoms with van der Waals surface area (Å²) in [5.41, 5.74) is 2.39. The van der Waals surface area contributed by atoms with Crippen molar-refractivity contribution in [2.24, 2.45) is 0 Å². The number of anilines is 1. The quantitative estimate of drug-likeness (QED) is 0.664. The van der Waals surface area contributed by atoms with Gasteiger partial charge in [0.05, 0.1) is 0 Å². The second-order valence-electron chi connectivity index (χ2n) is 3.40. The Morgan fingerprint density at radius 2 is 1.71 bits per heavy atom. The average molecular weight is 235 g/mol. The number of carbonyl (C=O) groups excluding carboxylic acids is 1. The van der Waals surface area contributed by atoms with E-state index >= 15 is 0 Å². The molecule has 0 saturated carbocycles. The molecule has 1 aromatic carbocycles. The highest BCUT2D eigenvalue weighted by Crippen LogP contribution is 2.26. The van der Waals surface area contributed by atoms with Crippen LogP contribution < -0.4 is 4.90 Å². The summed E-state index contributed by atoms with van der Waals surface area (Å²) in [5.74, 6) is 0.146. The molecule has 2 nitrogen and oxygen atoms in total. The first-order valence-electron chi connectivity index (χ1n) is 6.65. The van der Waals surface area contributed by atoms with Crippen molar-refractivity contribution >= 4 is 11.6 Å². The monoisotopic (exact) mass is 235 g/mol. The highest BCUT2D eigenvalue weighted by molar-refractivity contribution is 5.92. The van der Waals surface area contributed by atoms with E-state index < -0.39 is 0 Å². The smallest absolute Gasteiger partial charge is 0.223 e. The minimum atomic E-state index is 0.146. The van der Waals surface area contributed by atoms with Crippen LogP contribution in [0, 0.1) is 0 Å². The predicted octanol–water partition coefficient (Wildman–Crippen LogP) is 4.04. The van der Waals surface area contributed by atoms with Gasteiger partial charge in [-0.1, -0.05) is 45.9 Å². The molecule has 0 saturated heterocycles. The molecule has 1 aliphatic heterocycles. The average Bonchev–Trinajstić information content (AvgIpc) is 2.42. The Balaban J connectivity index is 0.000000581. The SMILES string of the molecule is CC.CC.CC(=O)N1CCCc2ccccc21. The van der Waals surface area contributed by atoms with Crippen molar-refractivity contribution in [2.45, 2.75) is 47.5 Å². The summed E-state index contributed by atoms with van der Waals surface area (Å²) >= 11 is 0. The maximum Gasteiger partial charge on any atom is 0.223 e. The van der Waals surface area contributed by atoms with E-state index in [2.05, 4.69) is 6.07 Å². The summed E-state index contributed by atoms with van der Waals surface area (Å²) in [4.78, 5) is 13.1. The van der Waals surface area contributed by atoms with Gasteiger partial charge in [-0.15, -0.1) is 0 Å². The summed E-state index contributed by atoms with van der Waals surface area (Å²) in [6.45, 7) is 10.5. The number of fused-ring (bicyclic) bond motifs is 1. The Hall–Kier alpha value is -1.31. The Kier molecular flexibility index (Phi) is 8.12. The zero-order valence-corrected chi connectivity index (χ0v) is 11.8. The third-order valence-electron chi connectivity index (χ3n) is 2.49. The maximum absolute atomic E-state index is 11.3. The van der Waals surface area contributed by atoms with Crippen LogP contribution in [0.2, 0.25) is 0 Å². The number of rotatable bonds is 0. The van der Waals surface area contributed by atoms with Gasteiger partial charge in [0.25, 0.3) is 0 Å². The lowest BCUT2D eigenvalue weighted by molar-refractivity contribution is -0.116. The van der Waals surface area contributed by atoms with E-state index in [9.17, 15) is 4.79 Å². The second kappa shape index (κ2) is 8.80. The number of hydrogen-bond donors (Lipinski definition) is 0. The Labute approximate surface area is 106 Å². The van der Waals surface area contributed by atoms with Gasteiger partial charge >= 0.3 is 0 Å². The summed E-state index contributed by atoms with van der Waals surface area (Å²) in [5, 5.41) is 0. The van der Waals surface area contributed by atoms with Crippen LogP contribution in [0.4, 0.5) is 5.69 Å². The molecular formula is C15H25NO. The molecule has 0 aromatic heterocycles. The third kappa shape index (κ3) is 4.22. The molecule has 0 radical (unpaired) electrons. The lowest BCUT2D eigenvalue weighted by atomic mass is 10.0. The number of carbonyl (C=O) groups is 1. The van der Waals surface area contributed by atoms with Crippen LogP contribution in [-0.4, -0.2) is 12.5 Å². The highest BCUT2D eigenvalue weighted by atomic mass is 16.2. The van der Waals surface area contributed by atoms with Crippen molar-refractivity contribution in [2.75, 3.05) is 11.4 Å². The Morgan fingerprint density at radius 3 is 2.29 bits per heavy atom. The van der Waals surface area contributed by atoms with Gasteiger partial charge in [-0.2, -0.15) is 0 Å². The molecule has 0 fully saturated rings. The lowest BCUT2D eigenvalue weighted by Crippen LogP contribution is -2.33. The molecule has 2 rings (SSSR count). The zero-order valence-electron chi connectivity index (χ0n) is 11.8. The number of para-hydroxylation sites is 1. The van der Waals surface area contributed by atoms with Crippen LogP contribution in [0.5, 0.6) is 0 Å². The highest BCUT2D eigenvalue weighted by Gasteiger charge is 2.18. The molecule has 0 N–H and O–H groups in total. The minimum absolute atomic E-state index is 0.146. The molecule has 0 aliphatic carbocycles. The first kappa shape index (κ1) is 15.7. The molecule has 1 amide bonds. The van der Waals surface area contributed by atoms with E-state index in [1.807, 2.05) is 50.8 Å². The van der Waals surface area contributed by atoms with Gasteiger partial charge < -0.3 is 4.90 Å². The fourth-order valence-electron chi connectivity index (χ4n) is 1.86. The van der Waals surface area contributed by atoms with E-state index in [1.54, 1.807) is 6.92 Å². The normalized spacial score (nSPS) is 12.4. The number of hydrogen-bond acceptors (Lipinski definition) is 1. The van der Waals surface area contributed by atoms with E-state index in [0.29, 0.717) is 0 Å². The van der Waals surface area contributed by atoms with Crippen molar-refractivity contribution < 1.29 is 4.79 Å². The van der Waals surface area contributed by atoms with Crippen LogP contribution in [0.25, 0.3) is 0 Å². The van der Waals surface area contributed by atoms with Crippen LogP contribution in [0.3, 0.4) is 0 Å². The van der Waals surface area contributed by atoms with E-state index in [-0.39, 0.29) is 5.91 Å². The summed E-state index contributed by atoms with van der Waals surface area (Å²) in [6.07, 6.45) is 2.18. The van der Waals surface area contributed by atoms with Gasteiger partial charge in [0.2, 0.25) is 5.91 Å². The molecule has 96 valence electrons. The number of benzene rings is 1. The maximum atomic E-state index is 11.3. The van der Waals surface area contributed by atoms with Crippen LogP contribution in [-0.2, 0) is 11.2 Å². The van der Waals surface area contributed by atoms with Crippen LogP contribution >= 0.6 is 0 Å². The molecule has 0 atom stereocenters. The van der Waals surface area contributed by atoms with E-state index in [0.717, 1.165) is 25.1 Å². The van der Waals surface area contributed by atoms with Crippen molar-refractivity contribution in [3.63, 3.8) is 0 Å². The minimum Gasteiger partial charge on any atom is -0.312 e. The van der Waals surface area contributed by atoms with Gasteiger partial charge in [-0.25, -0.2) is 0 Å². The van der Waals surface area contributed by atoms with Gasteiger partial charge in [0, 0.05) is 19.2 Å².